The number of imidazole rings is 1. The van der Waals surface area contributed by atoms with Gasteiger partial charge in [0.05, 0.1) is 29.3 Å². The normalized spacial score (nSPS) is 14.0. The fraction of sp³-hybridized carbons (Fsp3) is 0.294. The molecule has 0 aliphatic carbocycles. The van der Waals surface area contributed by atoms with Crippen LogP contribution in [0, 0.1) is 5.82 Å². The van der Waals surface area contributed by atoms with Crippen molar-refractivity contribution in [3.63, 3.8) is 0 Å². The highest BCUT2D eigenvalue weighted by atomic mass is 35.5. The van der Waals surface area contributed by atoms with Crippen LogP contribution in [0.15, 0.2) is 72.9 Å². The Labute approximate surface area is 272 Å². The molecule has 3 amide bonds. The van der Waals surface area contributed by atoms with E-state index >= 15 is 0 Å². The maximum atomic E-state index is 14.8. The molecule has 2 heterocycles. The van der Waals surface area contributed by atoms with E-state index in [9.17, 15) is 18.8 Å². The Morgan fingerprint density at radius 2 is 1.83 bits per heavy atom. The lowest BCUT2D eigenvalue weighted by atomic mass is 9.95. The average molecular weight is 650 g/mol. The van der Waals surface area contributed by atoms with E-state index in [2.05, 4.69) is 25.3 Å². The number of aromatic amines is 1. The third-order valence-corrected chi connectivity index (χ3v) is 7.71. The number of likely N-dealkylation sites (N-methyl/N-ethyl adjacent to an activating group) is 1. The van der Waals surface area contributed by atoms with Gasteiger partial charge in [0.2, 0.25) is 5.91 Å². The minimum Gasteiger partial charge on any atom is -0.453 e. The van der Waals surface area contributed by atoms with E-state index in [1.165, 1.54) is 13.2 Å². The highest BCUT2D eigenvalue weighted by Crippen LogP contribution is 2.38. The molecule has 0 bridgehead atoms. The fourth-order valence-electron chi connectivity index (χ4n) is 5.13. The monoisotopic (exact) mass is 649 g/mol. The first-order chi connectivity index (χ1) is 22.2. The number of aromatic nitrogens is 2. The Morgan fingerprint density at radius 3 is 2.52 bits per heavy atom. The molecule has 5 rings (SSSR count). The summed E-state index contributed by atoms with van der Waals surface area (Å²) in [5.74, 6) is -0.743. The van der Waals surface area contributed by atoms with Crippen molar-refractivity contribution in [2.45, 2.75) is 45.1 Å². The van der Waals surface area contributed by atoms with Crippen LogP contribution in [0.3, 0.4) is 0 Å². The summed E-state index contributed by atoms with van der Waals surface area (Å²) in [6, 6.07) is 19.7. The molecule has 0 saturated heterocycles. The summed E-state index contributed by atoms with van der Waals surface area (Å²) < 4.78 is 24.8. The molecule has 0 fully saturated rings. The number of cyclic esters (lactones) is 1. The largest absolute Gasteiger partial charge is 0.453 e. The smallest absolute Gasteiger partial charge is 0.412 e. The van der Waals surface area contributed by atoms with Gasteiger partial charge >= 0.3 is 12.2 Å². The molecule has 0 radical (unpaired) electrons. The Hall–Kier alpha value is -4.90. The van der Waals surface area contributed by atoms with Crippen LogP contribution >= 0.6 is 11.6 Å². The number of anilines is 2. The molecule has 1 aromatic heterocycles. The lowest BCUT2D eigenvalue weighted by molar-refractivity contribution is -0.131. The number of amides is 3. The number of nitrogens with one attached hydrogen (secondary N) is 3. The highest BCUT2D eigenvalue weighted by Gasteiger charge is 2.31. The number of fused-ring (bicyclic) bond motifs is 1. The molecule has 1 aliphatic heterocycles. The second-order valence-corrected chi connectivity index (χ2v) is 10.8. The molecule has 242 valence electrons. The van der Waals surface area contributed by atoms with Crippen molar-refractivity contribution in [2.75, 3.05) is 31.3 Å². The van der Waals surface area contributed by atoms with Gasteiger partial charge in [0.1, 0.15) is 11.9 Å². The van der Waals surface area contributed by atoms with E-state index in [4.69, 9.17) is 16.3 Å². The average Bonchev–Trinajstić information content (AvgIpc) is 3.56. The van der Waals surface area contributed by atoms with Crippen LogP contribution in [0.5, 0.6) is 0 Å². The van der Waals surface area contributed by atoms with Gasteiger partial charge in [-0.1, -0.05) is 55.8 Å². The first kappa shape index (κ1) is 34.0. The maximum absolute atomic E-state index is 14.8. The first-order valence-electron chi connectivity index (χ1n) is 15.0. The first-order valence-corrected chi connectivity index (χ1v) is 15.4. The second-order valence-electron chi connectivity index (χ2n) is 10.4. The summed E-state index contributed by atoms with van der Waals surface area (Å²) >= 11 is 5.98. The topological polar surface area (TPSA) is 126 Å². The van der Waals surface area contributed by atoms with Crippen molar-refractivity contribution < 1.29 is 28.2 Å². The number of nitrogens with zero attached hydrogens (tertiary/aromatic N) is 2. The minimum atomic E-state index is -0.828. The summed E-state index contributed by atoms with van der Waals surface area (Å²) in [6.07, 6.45) is 0.787. The zero-order chi connectivity index (χ0) is 33.2. The van der Waals surface area contributed by atoms with E-state index in [1.54, 1.807) is 48.5 Å². The minimum absolute atomic E-state index is 0.0581. The number of carbonyl (C=O) groups excluding carboxylic acids is 3. The van der Waals surface area contributed by atoms with E-state index in [-0.39, 0.29) is 16.5 Å². The van der Waals surface area contributed by atoms with Crippen LogP contribution in [-0.2, 0) is 20.7 Å². The molecular formula is C34H37ClFN5O5. The zero-order valence-corrected chi connectivity index (χ0v) is 26.9. The van der Waals surface area contributed by atoms with Gasteiger partial charge < -0.3 is 19.4 Å². The standard InChI is InChI=1S/C32H31ClFN5O5.C2H6/c1-39(16-6-9-26-27-24(38-32(42)44-26)15-14-23(33)28(27)34)30(40)22(17-19-7-4-3-5-8-19)25-18-35-29(37-25)20-10-12-21(13-11-20)36-31(41)43-2;1-2/h3-5,7-8,10-15,18,22,26H,6,9,16-17H2,1-2H3,(H,35,37)(H,36,41)(H,38,42);1-2H3. The number of rotatable bonds is 10. The van der Waals surface area contributed by atoms with Gasteiger partial charge in [0.15, 0.2) is 5.82 Å². The Balaban J connectivity index is 0.00000235. The second kappa shape index (κ2) is 15.9. The third kappa shape index (κ3) is 8.22. The molecule has 0 saturated carbocycles. The predicted molar refractivity (Wildman–Crippen MR) is 175 cm³/mol. The summed E-state index contributed by atoms with van der Waals surface area (Å²) in [4.78, 5) is 46.8. The van der Waals surface area contributed by atoms with Gasteiger partial charge in [-0.05, 0) is 61.2 Å². The van der Waals surface area contributed by atoms with Gasteiger partial charge in [0, 0.05) is 36.7 Å². The van der Waals surface area contributed by atoms with E-state index < -0.39 is 30.0 Å². The van der Waals surface area contributed by atoms with E-state index in [0.717, 1.165) is 11.1 Å². The van der Waals surface area contributed by atoms with Crippen molar-refractivity contribution in [2.24, 2.45) is 0 Å². The van der Waals surface area contributed by atoms with Gasteiger partial charge in [0.25, 0.3) is 0 Å². The van der Waals surface area contributed by atoms with Gasteiger partial charge in [-0.15, -0.1) is 0 Å². The van der Waals surface area contributed by atoms with Crippen LogP contribution in [0.25, 0.3) is 11.4 Å². The summed E-state index contributed by atoms with van der Waals surface area (Å²) in [5, 5.41) is 5.05. The SMILES string of the molecule is CC.COC(=O)Nc1ccc(-c2ncc(C(Cc3ccccc3)C(=O)N(C)CCCC3OC(=O)Nc4ccc(Cl)c(F)c43)[nH]2)cc1. The van der Waals surface area contributed by atoms with Crippen molar-refractivity contribution in [1.29, 1.82) is 0 Å². The molecule has 10 nitrogen and oxygen atoms in total. The molecule has 1 aliphatic rings. The van der Waals surface area contributed by atoms with Crippen molar-refractivity contribution in [3.8, 4) is 11.4 Å². The lowest BCUT2D eigenvalue weighted by Crippen LogP contribution is -2.34. The molecular weight excluding hydrogens is 613 g/mol. The van der Waals surface area contributed by atoms with Crippen LogP contribution in [0.1, 0.15) is 55.5 Å². The van der Waals surface area contributed by atoms with Crippen LogP contribution in [-0.4, -0.2) is 53.7 Å². The van der Waals surface area contributed by atoms with Crippen LogP contribution < -0.4 is 10.6 Å². The molecule has 2 atom stereocenters. The van der Waals surface area contributed by atoms with Crippen LogP contribution in [0.4, 0.5) is 25.4 Å². The maximum Gasteiger partial charge on any atom is 0.412 e. The molecule has 12 heteroatoms. The van der Waals surface area contributed by atoms with Crippen molar-refractivity contribution >= 4 is 41.1 Å². The molecule has 0 spiro atoms. The predicted octanol–water partition coefficient (Wildman–Crippen LogP) is 7.94. The number of halogens is 2. The quantitative estimate of drug-likeness (QED) is 0.160. The van der Waals surface area contributed by atoms with Gasteiger partial charge in [-0.2, -0.15) is 0 Å². The fourth-order valence-corrected chi connectivity index (χ4v) is 5.30. The van der Waals surface area contributed by atoms with Gasteiger partial charge in [-0.25, -0.2) is 19.0 Å². The zero-order valence-electron chi connectivity index (χ0n) is 26.1. The number of carbonyl (C=O) groups is 3. The number of benzene rings is 3. The molecule has 3 aromatic carbocycles. The van der Waals surface area contributed by atoms with Crippen LogP contribution in [0.2, 0.25) is 5.02 Å². The highest BCUT2D eigenvalue weighted by molar-refractivity contribution is 6.31. The molecule has 46 heavy (non-hydrogen) atoms. The summed E-state index contributed by atoms with van der Waals surface area (Å²) in [6.45, 7) is 4.35. The number of ether oxygens (including phenoxy) is 2. The Bertz CT molecular complexity index is 1650. The number of H-pyrrole nitrogens is 1. The van der Waals surface area contributed by atoms with Gasteiger partial charge in [-0.3, -0.25) is 15.4 Å². The Morgan fingerprint density at radius 1 is 1.11 bits per heavy atom. The number of hydrogen-bond acceptors (Lipinski definition) is 6. The van der Waals surface area contributed by atoms with E-state index in [0.29, 0.717) is 48.7 Å². The third-order valence-electron chi connectivity index (χ3n) is 7.42. The number of methoxy groups -OCH3 is 1. The molecule has 3 N–H and O–H groups in total. The summed E-state index contributed by atoms with van der Waals surface area (Å²) in [7, 11) is 3.00. The Kier molecular flexibility index (Phi) is 11.7. The lowest BCUT2D eigenvalue weighted by Gasteiger charge is -2.28. The molecule has 2 unspecified atom stereocenters. The van der Waals surface area contributed by atoms with E-state index in [1.807, 2.05) is 44.2 Å². The van der Waals surface area contributed by atoms with Crippen molar-refractivity contribution in [3.05, 3.63) is 101 Å². The number of hydrogen-bond donors (Lipinski definition) is 3. The summed E-state index contributed by atoms with van der Waals surface area (Å²) in [5.41, 5.74) is 3.50. The molecule has 4 aromatic rings. The van der Waals surface area contributed by atoms with Crippen molar-refractivity contribution in [1.82, 2.24) is 14.9 Å².